The normalized spacial score (nSPS) is 16.5. The van der Waals surface area contributed by atoms with Gasteiger partial charge in [0.05, 0.1) is 0 Å². The van der Waals surface area contributed by atoms with E-state index in [4.69, 9.17) is 0 Å². The zero-order valence-electron chi connectivity index (χ0n) is 9.79. The van der Waals surface area contributed by atoms with Gasteiger partial charge in [-0.1, -0.05) is 63.0 Å². The van der Waals surface area contributed by atoms with Crippen molar-refractivity contribution in [2.24, 2.45) is 5.92 Å². The minimum Gasteiger partial charge on any atom is -0.0991 e. The van der Waals surface area contributed by atoms with Gasteiger partial charge in [-0.3, -0.25) is 0 Å². The van der Waals surface area contributed by atoms with Gasteiger partial charge in [0.25, 0.3) is 0 Å². The van der Waals surface area contributed by atoms with Crippen LogP contribution in [0, 0.1) is 5.92 Å². The molecule has 0 saturated carbocycles. The van der Waals surface area contributed by atoms with E-state index in [1.165, 1.54) is 12.0 Å². The van der Waals surface area contributed by atoms with Crippen molar-refractivity contribution in [3.8, 4) is 0 Å². The molecule has 0 aliphatic heterocycles. The first-order valence-corrected chi connectivity index (χ1v) is 5.53. The molecule has 1 rings (SSSR count). The second-order valence-electron chi connectivity index (χ2n) is 4.21. The van der Waals surface area contributed by atoms with Gasteiger partial charge in [0.2, 0.25) is 0 Å². The lowest BCUT2D eigenvalue weighted by atomic mass is 9.88. The first-order chi connectivity index (χ1) is 7.15. The summed E-state index contributed by atoms with van der Waals surface area (Å²) < 4.78 is 0. The Morgan fingerprint density at radius 1 is 1.33 bits per heavy atom. The standard InChI is InChI=1S/C15H20/c1-5-6-7-13(4)15-10-8-14(9-11-15)12(2)3/h5-8,10,12H,1,4,9,11H2,2-3H3/b7-6-. The lowest BCUT2D eigenvalue weighted by Gasteiger charge is -2.17. The van der Waals surface area contributed by atoms with Gasteiger partial charge in [0.1, 0.15) is 0 Å². The highest BCUT2D eigenvalue weighted by Crippen LogP contribution is 2.27. The molecule has 0 N–H and O–H groups in total. The average Bonchev–Trinajstić information content (AvgIpc) is 2.26. The van der Waals surface area contributed by atoms with Crippen molar-refractivity contribution in [1.82, 2.24) is 0 Å². The van der Waals surface area contributed by atoms with Gasteiger partial charge in [0.15, 0.2) is 0 Å². The molecular formula is C15H20. The van der Waals surface area contributed by atoms with E-state index in [-0.39, 0.29) is 0 Å². The number of allylic oxidation sites excluding steroid dienone is 8. The van der Waals surface area contributed by atoms with Crippen LogP contribution in [0.2, 0.25) is 0 Å². The highest BCUT2D eigenvalue weighted by atomic mass is 14.1. The fourth-order valence-corrected chi connectivity index (χ4v) is 1.69. The maximum Gasteiger partial charge on any atom is -0.0236 e. The minimum atomic E-state index is 0.666. The Balaban J connectivity index is 2.71. The summed E-state index contributed by atoms with van der Waals surface area (Å²) in [6, 6.07) is 0. The van der Waals surface area contributed by atoms with E-state index in [1.807, 2.05) is 12.2 Å². The van der Waals surface area contributed by atoms with E-state index in [0.29, 0.717) is 5.92 Å². The quantitative estimate of drug-likeness (QED) is 0.582. The SMILES string of the molecule is C=C/C=C\C(=C)C1=CC=C(C(C)C)CC1. The molecular weight excluding hydrogens is 180 g/mol. The van der Waals surface area contributed by atoms with Gasteiger partial charge < -0.3 is 0 Å². The molecule has 0 spiro atoms. The van der Waals surface area contributed by atoms with E-state index in [0.717, 1.165) is 12.0 Å². The van der Waals surface area contributed by atoms with Gasteiger partial charge >= 0.3 is 0 Å². The van der Waals surface area contributed by atoms with Crippen LogP contribution in [0.4, 0.5) is 0 Å². The highest BCUT2D eigenvalue weighted by Gasteiger charge is 2.09. The van der Waals surface area contributed by atoms with E-state index in [2.05, 4.69) is 39.2 Å². The van der Waals surface area contributed by atoms with Crippen LogP contribution in [0.3, 0.4) is 0 Å². The molecule has 0 atom stereocenters. The molecule has 0 aromatic heterocycles. The Hall–Kier alpha value is -1.30. The topological polar surface area (TPSA) is 0 Å². The van der Waals surface area contributed by atoms with Crippen molar-refractivity contribution >= 4 is 0 Å². The van der Waals surface area contributed by atoms with E-state index in [1.54, 1.807) is 11.6 Å². The minimum absolute atomic E-state index is 0.666. The summed E-state index contributed by atoms with van der Waals surface area (Å²) in [5, 5.41) is 0. The van der Waals surface area contributed by atoms with Crippen molar-refractivity contribution in [1.29, 1.82) is 0 Å². The van der Waals surface area contributed by atoms with Gasteiger partial charge in [-0.15, -0.1) is 0 Å². The molecule has 0 heterocycles. The molecule has 0 radical (unpaired) electrons. The Kier molecular flexibility index (Phi) is 4.36. The fourth-order valence-electron chi connectivity index (χ4n) is 1.69. The van der Waals surface area contributed by atoms with Crippen LogP contribution >= 0.6 is 0 Å². The molecule has 15 heavy (non-hydrogen) atoms. The molecule has 0 nitrogen and oxygen atoms in total. The molecule has 0 amide bonds. The first kappa shape index (κ1) is 11.8. The maximum absolute atomic E-state index is 4.05. The molecule has 0 aromatic rings. The lowest BCUT2D eigenvalue weighted by molar-refractivity contribution is 0.702. The third kappa shape index (κ3) is 3.39. The van der Waals surface area contributed by atoms with Crippen LogP contribution in [0.25, 0.3) is 0 Å². The Labute approximate surface area is 93.4 Å². The summed E-state index contributed by atoms with van der Waals surface area (Å²) >= 11 is 0. The third-order valence-electron chi connectivity index (χ3n) is 2.77. The van der Waals surface area contributed by atoms with Crippen molar-refractivity contribution in [3.05, 3.63) is 60.3 Å². The molecule has 0 heteroatoms. The second-order valence-corrected chi connectivity index (χ2v) is 4.21. The second kappa shape index (κ2) is 5.55. The maximum atomic E-state index is 4.05. The van der Waals surface area contributed by atoms with Crippen LogP contribution in [0.1, 0.15) is 26.7 Å². The number of rotatable bonds is 4. The monoisotopic (exact) mass is 200 g/mol. The Bertz CT molecular complexity index is 335. The van der Waals surface area contributed by atoms with E-state index < -0.39 is 0 Å². The molecule has 80 valence electrons. The Morgan fingerprint density at radius 3 is 2.53 bits per heavy atom. The molecule has 1 aliphatic carbocycles. The number of hydrogen-bond acceptors (Lipinski definition) is 0. The van der Waals surface area contributed by atoms with E-state index in [9.17, 15) is 0 Å². The molecule has 0 aromatic carbocycles. The predicted octanol–water partition coefficient (Wildman–Crippen LogP) is 4.59. The van der Waals surface area contributed by atoms with Crippen molar-refractivity contribution in [2.45, 2.75) is 26.7 Å². The molecule has 0 fully saturated rings. The molecule has 0 unspecified atom stereocenters. The van der Waals surface area contributed by atoms with Gasteiger partial charge in [-0.05, 0) is 29.9 Å². The van der Waals surface area contributed by atoms with Crippen molar-refractivity contribution in [2.75, 3.05) is 0 Å². The predicted molar refractivity (Wildman–Crippen MR) is 68.7 cm³/mol. The summed E-state index contributed by atoms with van der Waals surface area (Å²) in [4.78, 5) is 0. The van der Waals surface area contributed by atoms with Crippen LogP contribution in [0.5, 0.6) is 0 Å². The van der Waals surface area contributed by atoms with Crippen LogP contribution in [-0.2, 0) is 0 Å². The first-order valence-electron chi connectivity index (χ1n) is 5.53. The summed E-state index contributed by atoms with van der Waals surface area (Å²) in [7, 11) is 0. The van der Waals surface area contributed by atoms with Gasteiger partial charge in [-0.2, -0.15) is 0 Å². The largest absolute Gasteiger partial charge is 0.0991 e. The highest BCUT2D eigenvalue weighted by molar-refractivity contribution is 5.43. The number of hydrogen-bond donors (Lipinski definition) is 0. The van der Waals surface area contributed by atoms with Crippen molar-refractivity contribution < 1.29 is 0 Å². The summed E-state index contributed by atoms with van der Waals surface area (Å²) in [6.07, 6.45) is 12.5. The van der Waals surface area contributed by atoms with Gasteiger partial charge in [-0.25, -0.2) is 0 Å². The zero-order chi connectivity index (χ0) is 11.3. The van der Waals surface area contributed by atoms with Crippen LogP contribution in [0.15, 0.2) is 60.3 Å². The summed E-state index contributed by atoms with van der Waals surface area (Å²) in [5.74, 6) is 0.666. The van der Waals surface area contributed by atoms with Crippen LogP contribution in [-0.4, -0.2) is 0 Å². The summed E-state index contributed by atoms with van der Waals surface area (Å²) in [6.45, 7) is 12.2. The summed E-state index contributed by atoms with van der Waals surface area (Å²) in [5.41, 5.74) is 3.99. The molecule has 1 aliphatic rings. The molecule has 0 bridgehead atoms. The molecule has 0 saturated heterocycles. The van der Waals surface area contributed by atoms with Crippen molar-refractivity contribution in [3.63, 3.8) is 0 Å². The van der Waals surface area contributed by atoms with E-state index >= 15 is 0 Å². The Morgan fingerprint density at radius 2 is 2.07 bits per heavy atom. The average molecular weight is 200 g/mol. The fraction of sp³-hybridized carbons (Fsp3) is 0.333. The zero-order valence-corrected chi connectivity index (χ0v) is 9.79. The third-order valence-corrected chi connectivity index (χ3v) is 2.77. The van der Waals surface area contributed by atoms with Crippen LogP contribution < -0.4 is 0 Å². The smallest absolute Gasteiger partial charge is 0.0236 e. The van der Waals surface area contributed by atoms with Gasteiger partial charge in [0, 0.05) is 0 Å². The lowest BCUT2D eigenvalue weighted by Crippen LogP contribution is -2.00.